The smallest absolute Gasteiger partial charge is 0.138 e. The Morgan fingerprint density at radius 2 is 2.24 bits per heavy atom. The molecule has 0 aliphatic rings. The molecule has 0 saturated carbocycles. The van der Waals surface area contributed by atoms with Gasteiger partial charge in [0.1, 0.15) is 12.2 Å². The first-order valence-electron chi connectivity index (χ1n) is 5.75. The summed E-state index contributed by atoms with van der Waals surface area (Å²) in [5.41, 5.74) is 8.24. The van der Waals surface area contributed by atoms with Gasteiger partial charge >= 0.3 is 0 Å². The van der Waals surface area contributed by atoms with Gasteiger partial charge in [0.25, 0.3) is 0 Å². The molecule has 2 aromatic rings. The van der Waals surface area contributed by atoms with Crippen molar-refractivity contribution in [3.8, 4) is 0 Å². The topological polar surface area (TPSA) is 69.6 Å². The Hall–Kier alpha value is -1.75. The highest BCUT2D eigenvalue weighted by Gasteiger charge is 2.11. The number of pyridine rings is 1. The van der Waals surface area contributed by atoms with E-state index in [0.29, 0.717) is 6.42 Å². The van der Waals surface area contributed by atoms with Crippen molar-refractivity contribution in [2.45, 2.75) is 32.9 Å². The molecule has 0 aliphatic heterocycles. The van der Waals surface area contributed by atoms with Gasteiger partial charge in [-0.05, 0) is 31.5 Å². The lowest BCUT2D eigenvalue weighted by Gasteiger charge is -2.12. The molecule has 2 heterocycles. The Kier molecular flexibility index (Phi) is 3.49. The highest BCUT2D eigenvalue weighted by molar-refractivity contribution is 5.20. The minimum atomic E-state index is -0.0637. The van der Waals surface area contributed by atoms with Gasteiger partial charge in [0.15, 0.2) is 0 Å². The van der Waals surface area contributed by atoms with Crippen LogP contribution in [0.5, 0.6) is 0 Å². The van der Waals surface area contributed by atoms with Gasteiger partial charge in [0.2, 0.25) is 0 Å². The van der Waals surface area contributed by atoms with Crippen LogP contribution in [-0.4, -0.2) is 19.7 Å². The summed E-state index contributed by atoms with van der Waals surface area (Å²) < 4.78 is 1.87. The van der Waals surface area contributed by atoms with Crippen molar-refractivity contribution in [2.75, 3.05) is 0 Å². The fourth-order valence-electron chi connectivity index (χ4n) is 1.82. The van der Waals surface area contributed by atoms with Gasteiger partial charge in [0, 0.05) is 30.9 Å². The van der Waals surface area contributed by atoms with Crippen molar-refractivity contribution in [2.24, 2.45) is 5.73 Å². The third-order valence-corrected chi connectivity index (χ3v) is 2.75. The molecule has 17 heavy (non-hydrogen) atoms. The first-order chi connectivity index (χ1) is 8.20. The van der Waals surface area contributed by atoms with E-state index >= 15 is 0 Å². The van der Waals surface area contributed by atoms with E-state index in [9.17, 15) is 0 Å². The maximum Gasteiger partial charge on any atom is 0.138 e. The monoisotopic (exact) mass is 231 g/mol. The SMILES string of the molecule is CCn1ncnc1CC(N)c1ccnc(C)c1. The summed E-state index contributed by atoms with van der Waals surface area (Å²) in [6, 6.07) is 3.90. The van der Waals surface area contributed by atoms with Crippen LogP contribution in [-0.2, 0) is 13.0 Å². The van der Waals surface area contributed by atoms with Gasteiger partial charge in [0.05, 0.1) is 0 Å². The van der Waals surface area contributed by atoms with Crippen LogP contribution in [0.4, 0.5) is 0 Å². The second-order valence-electron chi connectivity index (χ2n) is 4.03. The predicted octanol–water partition coefficient (Wildman–Crippen LogP) is 1.24. The Labute approximate surface area is 101 Å². The van der Waals surface area contributed by atoms with Crippen molar-refractivity contribution in [1.29, 1.82) is 0 Å². The number of nitrogens with two attached hydrogens (primary N) is 1. The van der Waals surface area contributed by atoms with Crippen molar-refractivity contribution >= 4 is 0 Å². The van der Waals surface area contributed by atoms with E-state index in [0.717, 1.165) is 23.6 Å². The number of nitrogens with zero attached hydrogens (tertiary/aromatic N) is 4. The summed E-state index contributed by atoms with van der Waals surface area (Å²) in [4.78, 5) is 8.40. The van der Waals surface area contributed by atoms with Crippen LogP contribution in [0, 0.1) is 6.92 Å². The molecule has 0 spiro atoms. The Balaban J connectivity index is 2.14. The number of hydrogen-bond donors (Lipinski definition) is 1. The fraction of sp³-hybridized carbons (Fsp3) is 0.417. The zero-order valence-electron chi connectivity index (χ0n) is 10.2. The third-order valence-electron chi connectivity index (χ3n) is 2.75. The van der Waals surface area contributed by atoms with E-state index in [-0.39, 0.29) is 6.04 Å². The van der Waals surface area contributed by atoms with E-state index in [4.69, 9.17) is 5.73 Å². The lowest BCUT2D eigenvalue weighted by atomic mass is 10.1. The standard InChI is InChI=1S/C12H17N5/c1-3-17-12(15-8-16-17)7-11(13)10-4-5-14-9(2)6-10/h4-6,8,11H,3,7,13H2,1-2H3. The maximum atomic E-state index is 6.17. The largest absolute Gasteiger partial charge is 0.324 e. The molecule has 5 nitrogen and oxygen atoms in total. The minimum absolute atomic E-state index is 0.0637. The van der Waals surface area contributed by atoms with E-state index in [2.05, 4.69) is 15.1 Å². The summed E-state index contributed by atoms with van der Waals surface area (Å²) in [5, 5.41) is 4.14. The normalized spacial score (nSPS) is 12.6. The Morgan fingerprint density at radius 1 is 1.41 bits per heavy atom. The summed E-state index contributed by atoms with van der Waals surface area (Å²) in [5.74, 6) is 0.925. The zero-order valence-corrected chi connectivity index (χ0v) is 10.2. The van der Waals surface area contributed by atoms with Crippen LogP contribution in [0.15, 0.2) is 24.7 Å². The summed E-state index contributed by atoms with van der Waals surface area (Å²) >= 11 is 0. The molecular formula is C12H17N5. The molecule has 2 N–H and O–H groups in total. The molecule has 90 valence electrons. The van der Waals surface area contributed by atoms with Crippen LogP contribution in [0.3, 0.4) is 0 Å². The lowest BCUT2D eigenvalue weighted by Crippen LogP contribution is -2.17. The van der Waals surface area contributed by atoms with Crippen LogP contribution in [0.25, 0.3) is 0 Å². The molecule has 1 atom stereocenters. The van der Waals surface area contributed by atoms with Crippen molar-refractivity contribution in [3.05, 3.63) is 41.7 Å². The fourth-order valence-corrected chi connectivity index (χ4v) is 1.82. The molecule has 0 aromatic carbocycles. The number of aromatic nitrogens is 4. The minimum Gasteiger partial charge on any atom is -0.324 e. The molecule has 0 fully saturated rings. The Bertz CT molecular complexity index is 491. The van der Waals surface area contributed by atoms with E-state index in [1.807, 2.05) is 30.7 Å². The van der Waals surface area contributed by atoms with E-state index < -0.39 is 0 Å². The van der Waals surface area contributed by atoms with Crippen LogP contribution in [0.2, 0.25) is 0 Å². The summed E-state index contributed by atoms with van der Waals surface area (Å²) in [7, 11) is 0. The second kappa shape index (κ2) is 5.05. The van der Waals surface area contributed by atoms with E-state index in [1.165, 1.54) is 0 Å². The van der Waals surface area contributed by atoms with E-state index in [1.54, 1.807) is 12.5 Å². The van der Waals surface area contributed by atoms with Crippen molar-refractivity contribution in [1.82, 2.24) is 19.7 Å². The average Bonchev–Trinajstić information content (AvgIpc) is 2.76. The average molecular weight is 231 g/mol. The van der Waals surface area contributed by atoms with Crippen LogP contribution in [0.1, 0.15) is 30.0 Å². The molecule has 0 aliphatic carbocycles. The lowest BCUT2D eigenvalue weighted by molar-refractivity contribution is 0.580. The first kappa shape index (κ1) is 11.7. The molecule has 1 unspecified atom stereocenters. The van der Waals surface area contributed by atoms with Gasteiger partial charge in [-0.3, -0.25) is 9.67 Å². The number of aryl methyl sites for hydroxylation is 2. The molecule has 0 radical (unpaired) electrons. The molecule has 2 aromatic heterocycles. The quantitative estimate of drug-likeness (QED) is 0.859. The van der Waals surface area contributed by atoms with Gasteiger partial charge < -0.3 is 5.73 Å². The van der Waals surface area contributed by atoms with Crippen molar-refractivity contribution in [3.63, 3.8) is 0 Å². The highest BCUT2D eigenvalue weighted by atomic mass is 15.3. The van der Waals surface area contributed by atoms with Crippen LogP contribution >= 0.6 is 0 Å². The molecular weight excluding hydrogens is 214 g/mol. The van der Waals surface area contributed by atoms with Gasteiger partial charge in [-0.15, -0.1) is 0 Å². The van der Waals surface area contributed by atoms with Gasteiger partial charge in [-0.2, -0.15) is 5.10 Å². The third kappa shape index (κ3) is 2.68. The molecule has 0 amide bonds. The zero-order chi connectivity index (χ0) is 12.3. The molecule has 0 saturated heterocycles. The molecule has 2 rings (SSSR count). The maximum absolute atomic E-state index is 6.17. The molecule has 5 heteroatoms. The number of rotatable bonds is 4. The summed E-state index contributed by atoms with van der Waals surface area (Å²) in [6.45, 7) is 4.82. The van der Waals surface area contributed by atoms with Crippen LogP contribution < -0.4 is 5.73 Å². The number of hydrogen-bond acceptors (Lipinski definition) is 4. The molecule has 0 bridgehead atoms. The Morgan fingerprint density at radius 3 is 2.94 bits per heavy atom. The summed E-state index contributed by atoms with van der Waals surface area (Å²) in [6.07, 6.45) is 4.05. The van der Waals surface area contributed by atoms with Gasteiger partial charge in [-0.25, -0.2) is 4.98 Å². The second-order valence-corrected chi connectivity index (χ2v) is 4.03. The van der Waals surface area contributed by atoms with Gasteiger partial charge in [-0.1, -0.05) is 0 Å². The first-order valence-corrected chi connectivity index (χ1v) is 5.75. The van der Waals surface area contributed by atoms with Crippen molar-refractivity contribution < 1.29 is 0 Å². The highest BCUT2D eigenvalue weighted by Crippen LogP contribution is 2.14. The predicted molar refractivity (Wildman–Crippen MR) is 65.3 cm³/mol.